The lowest BCUT2D eigenvalue weighted by Gasteiger charge is -2.11. The van der Waals surface area contributed by atoms with Gasteiger partial charge in [-0.05, 0) is 66.2 Å². The average molecular weight is 561 g/mol. The van der Waals surface area contributed by atoms with Crippen molar-refractivity contribution in [1.82, 2.24) is 10.3 Å². The highest BCUT2D eigenvalue weighted by atomic mass is 35.5. The first-order chi connectivity index (χ1) is 18.7. The molecule has 0 aliphatic heterocycles. The largest absolute Gasteiger partial charge is 0.451 e. The van der Waals surface area contributed by atoms with Crippen LogP contribution in [0.3, 0.4) is 0 Å². The summed E-state index contributed by atoms with van der Waals surface area (Å²) in [6, 6.07) is 20.0. The molecule has 0 bridgehead atoms. The number of nitro benzene ring substituents is 1. The van der Waals surface area contributed by atoms with Crippen molar-refractivity contribution in [1.29, 1.82) is 0 Å². The first-order valence-corrected chi connectivity index (χ1v) is 12.6. The zero-order valence-electron chi connectivity index (χ0n) is 20.7. The summed E-state index contributed by atoms with van der Waals surface area (Å²) in [5.74, 6) is 0.468. The Morgan fingerprint density at radius 2 is 1.85 bits per heavy atom. The minimum atomic E-state index is -0.601. The van der Waals surface area contributed by atoms with E-state index in [-0.39, 0.29) is 16.6 Å². The number of benzene rings is 3. The van der Waals surface area contributed by atoms with E-state index in [1.807, 2.05) is 18.2 Å². The molecular weight excluding hydrogens is 540 g/mol. The number of amides is 1. The molecule has 39 heavy (non-hydrogen) atoms. The van der Waals surface area contributed by atoms with Gasteiger partial charge >= 0.3 is 0 Å². The van der Waals surface area contributed by atoms with E-state index in [2.05, 4.69) is 29.5 Å². The van der Waals surface area contributed by atoms with Crippen LogP contribution in [0.1, 0.15) is 35.9 Å². The topological polar surface area (TPSA) is 123 Å². The number of carbonyl (C=O) groups excluding carboxylic acids is 1. The van der Waals surface area contributed by atoms with Gasteiger partial charge in [-0.1, -0.05) is 43.6 Å². The fourth-order valence-electron chi connectivity index (χ4n) is 3.89. The van der Waals surface area contributed by atoms with Gasteiger partial charge in [0.25, 0.3) is 11.6 Å². The molecule has 2 aromatic heterocycles. The number of nitro groups is 1. The second-order valence-corrected chi connectivity index (χ2v) is 9.79. The fourth-order valence-corrected chi connectivity index (χ4v) is 4.25. The van der Waals surface area contributed by atoms with Crippen LogP contribution in [0.5, 0.6) is 0 Å². The number of non-ortho nitro benzene ring substituents is 1. The van der Waals surface area contributed by atoms with Crippen LogP contribution in [0.2, 0.25) is 5.02 Å². The first-order valence-electron chi connectivity index (χ1n) is 11.9. The Kier molecular flexibility index (Phi) is 7.14. The molecule has 0 saturated heterocycles. The third kappa shape index (κ3) is 5.66. The third-order valence-corrected chi connectivity index (χ3v) is 6.47. The van der Waals surface area contributed by atoms with Crippen molar-refractivity contribution in [2.75, 3.05) is 5.32 Å². The van der Waals surface area contributed by atoms with Gasteiger partial charge in [0.05, 0.1) is 15.6 Å². The van der Waals surface area contributed by atoms with E-state index in [1.54, 1.807) is 30.3 Å². The molecule has 0 atom stereocenters. The van der Waals surface area contributed by atoms with Crippen LogP contribution in [-0.4, -0.2) is 20.9 Å². The molecular formula is C28H21ClN4O5S. The van der Waals surface area contributed by atoms with Gasteiger partial charge in [0, 0.05) is 23.3 Å². The summed E-state index contributed by atoms with van der Waals surface area (Å²) >= 11 is 11.7. The number of furan rings is 1. The molecule has 196 valence electrons. The van der Waals surface area contributed by atoms with E-state index in [1.165, 1.54) is 24.3 Å². The van der Waals surface area contributed by atoms with Crippen LogP contribution in [0.15, 0.2) is 81.6 Å². The maximum absolute atomic E-state index is 12.7. The van der Waals surface area contributed by atoms with Gasteiger partial charge < -0.3 is 14.2 Å². The maximum atomic E-state index is 12.7. The fraction of sp³-hybridized carbons (Fsp3) is 0.107. The van der Waals surface area contributed by atoms with Crippen molar-refractivity contribution in [3.8, 4) is 22.8 Å². The number of hydrogen-bond acceptors (Lipinski definition) is 7. The number of oxazole rings is 1. The number of nitrogens with one attached hydrogen (secondary N) is 2. The van der Waals surface area contributed by atoms with Crippen molar-refractivity contribution < 1.29 is 18.6 Å². The number of thiocarbonyl (C=S) groups is 1. The SMILES string of the molecule is CC(C)c1ccc2oc(-c3ccc(Cl)c(NC(=S)NC(=O)c4ccc(-c5cccc([N+](=O)[O-])c5)o4)c3)nc2c1. The Morgan fingerprint density at radius 3 is 2.62 bits per heavy atom. The minimum Gasteiger partial charge on any atom is -0.451 e. The third-order valence-electron chi connectivity index (χ3n) is 5.94. The summed E-state index contributed by atoms with van der Waals surface area (Å²) in [4.78, 5) is 27.9. The Bertz CT molecular complexity index is 1740. The molecule has 0 aliphatic rings. The van der Waals surface area contributed by atoms with E-state index < -0.39 is 10.8 Å². The monoisotopic (exact) mass is 560 g/mol. The molecule has 0 aliphatic carbocycles. The maximum Gasteiger partial charge on any atom is 0.293 e. The van der Waals surface area contributed by atoms with Crippen LogP contribution in [0, 0.1) is 10.1 Å². The lowest BCUT2D eigenvalue weighted by atomic mass is 10.0. The van der Waals surface area contributed by atoms with Crippen LogP contribution >= 0.6 is 23.8 Å². The van der Waals surface area contributed by atoms with Gasteiger partial charge in [0.1, 0.15) is 11.3 Å². The molecule has 0 radical (unpaired) electrons. The molecule has 5 rings (SSSR count). The second-order valence-electron chi connectivity index (χ2n) is 8.98. The summed E-state index contributed by atoms with van der Waals surface area (Å²) in [6.45, 7) is 4.23. The van der Waals surface area contributed by atoms with Gasteiger partial charge in [0.2, 0.25) is 5.89 Å². The van der Waals surface area contributed by atoms with Crippen molar-refractivity contribution in [3.05, 3.63) is 99.3 Å². The van der Waals surface area contributed by atoms with Crippen molar-refractivity contribution in [2.45, 2.75) is 19.8 Å². The van der Waals surface area contributed by atoms with Gasteiger partial charge in [-0.25, -0.2) is 4.98 Å². The Balaban J connectivity index is 1.29. The molecule has 11 heteroatoms. The molecule has 5 aromatic rings. The predicted molar refractivity (Wildman–Crippen MR) is 153 cm³/mol. The van der Waals surface area contributed by atoms with Crippen LogP contribution in [0.4, 0.5) is 11.4 Å². The van der Waals surface area contributed by atoms with E-state index >= 15 is 0 Å². The molecule has 0 unspecified atom stereocenters. The Labute approximate surface area is 232 Å². The molecule has 9 nitrogen and oxygen atoms in total. The number of anilines is 1. The first kappa shape index (κ1) is 26.1. The second kappa shape index (κ2) is 10.7. The smallest absolute Gasteiger partial charge is 0.293 e. The number of rotatable bonds is 6. The molecule has 0 saturated carbocycles. The Morgan fingerprint density at radius 1 is 1.03 bits per heavy atom. The summed E-state index contributed by atoms with van der Waals surface area (Å²) in [5, 5.41) is 16.9. The van der Waals surface area contributed by atoms with Gasteiger partial charge in [-0.2, -0.15) is 0 Å². The average Bonchev–Trinajstić information content (AvgIpc) is 3.57. The van der Waals surface area contributed by atoms with Crippen molar-refractivity contribution in [3.63, 3.8) is 0 Å². The van der Waals surface area contributed by atoms with E-state index in [4.69, 9.17) is 32.7 Å². The van der Waals surface area contributed by atoms with Gasteiger partial charge in [0.15, 0.2) is 16.5 Å². The Hall–Kier alpha value is -4.54. The number of nitrogens with zero attached hydrogens (tertiary/aromatic N) is 2. The van der Waals surface area contributed by atoms with Crippen LogP contribution in [-0.2, 0) is 0 Å². The molecule has 2 heterocycles. The number of carbonyl (C=O) groups is 1. The molecule has 2 N–H and O–H groups in total. The normalized spacial score (nSPS) is 11.1. The van der Waals surface area contributed by atoms with Crippen molar-refractivity contribution >= 4 is 57.3 Å². The highest BCUT2D eigenvalue weighted by Crippen LogP contribution is 2.31. The van der Waals surface area contributed by atoms with Crippen molar-refractivity contribution in [2.24, 2.45) is 0 Å². The van der Waals surface area contributed by atoms with Crippen LogP contribution in [0.25, 0.3) is 33.9 Å². The van der Waals surface area contributed by atoms with E-state index in [9.17, 15) is 14.9 Å². The number of halogens is 1. The summed E-state index contributed by atoms with van der Waals surface area (Å²) in [6.07, 6.45) is 0. The number of fused-ring (bicyclic) bond motifs is 1. The highest BCUT2D eigenvalue weighted by Gasteiger charge is 2.17. The summed E-state index contributed by atoms with van der Waals surface area (Å²) in [7, 11) is 0. The standard InChI is InChI=1S/C28H21ClN4O5S/c1-15(2)16-7-9-24-22(13-16)30-27(38-24)18-6-8-20(29)21(14-18)31-28(39)32-26(34)25-11-10-23(37-25)17-4-3-5-19(12-17)33(35)36/h3-15H,1-2H3,(H2,31,32,34,39). The quantitative estimate of drug-likeness (QED) is 0.124. The lowest BCUT2D eigenvalue weighted by Crippen LogP contribution is -2.34. The summed E-state index contributed by atoms with van der Waals surface area (Å²) in [5.41, 5.74) is 4.09. The highest BCUT2D eigenvalue weighted by molar-refractivity contribution is 7.80. The zero-order valence-corrected chi connectivity index (χ0v) is 22.3. The molecule has 3 aromatic carbocycles. The zero-order chi connectivity index (χ0) is 27.7. The van der Waals surface area contributed by atoms with Gasteiger partial charge in [-0.3, -0.25) is 20.2 Å². The van der Waals surface area contributed by atoms with E-state index in [0.29, 0.717) is 45.0 Å². The van der Waals surface area contributed by atoms with Gasteiger partial charge in [-0.15, -0.1) is 0 Å². The lowest BCUT2D eigenvalue weighted by molar-refractivity contribution is -0.384. The minimum absolute atomic E-state index is 0.00788. The predicted octanol–water partition coefficient (Wildman–Crippen LogP) is 7.57. The molecule has 0 fully saturated rings. The van der Waals surface area contributed by atoms with E-state index in [0.717, 1.165) is 11.1 Å². The molecule has 0 spiro atoms. The number of aromatic nitrogens is 1. The van der Waals surface area contributed by atoms with Crippen LogP contribution < -0.4 is 10.6 Å². The number of hydrogen-bond donors (Lipinski definition) is 2. The molecule has 1 amide bonds. The summed E-state index contributed by atoms with van der Waals surface area (Å²) < 4.78 is 11.5.